The fraction of sp³-hybridized carbons (Fsp3) is 0.235. The van der Waals surface area contributed by atoms with Gasteiger partial charge in [0.15, 0.2) is 0 Å². The highest BCUT2D eigenvalue weighted by Crippen LogP contribution is 2.16. The zero-order valence-electron chi connectivity index (χ0n) is 12.1. The molecule has 2 aromatic rings. The maximum Gasteiger partial charge on any atom is 0.253 e. The van der Waals surface area contributed by atoms with Gasteiger partial charge in [-0.25, -0.2) is 0 Å². The molecule has 1 amide bonds. The first-order valence-corrected chi connectivity index (χ1v) is 7.77. The fourth-order valence-corrected chi connectivity index (χ4v) is 2.48. The highest BCUT2D eigenvalue weighted by molar-refractivity contribution is 7.98. The molecule has 0 atom stereocenters. The van der Waals surface area contributed by atoms with Gasteiger partial charge in [-0.15, -0.1) is 11.8 Å². The second-order valence-corrected chi connectivity index (χ2v) is 5.76. The Morgan fingerprint density at radius 1 is 1.15 bits per heavy atom. The van der Waals surface area contributed by atoms with E-state index in [0.717, 1.165) is 16.7 Å². The molecule has 2 rings (SSSR count). The number of aryl methyl sites for hydroxylation is 1. The van der Waals surface area contributed by atoms with Crippen molar-refractivity contribution in [3.63, 3.8) is 0 Å². The van der Waals surface area contributed by atoms with Gasteiger partial charge in [-0.05, 0) is 43.0 Å². The second kappa shape index (κ2) is 6.62. The monoisotopic (exact) mass is 285 g/mol. The van der Waals surface area contributed by atoms with Crippen LogP contribution in [0, 0.1) is 6.92 Å². The van der Waals surface area contributed by atoms with E-state index in [1.54, 1.807) is 16.7 Å². The summed E-state index contributed by atoms with van der Waals surface area (Å²) in [5.41, 5.74) is 2.99. The third kappa shape index (κ3) is 3.64. The summed E-state index contributed by atoms with van der Waals surface area (Å²) in [7, 11) is 1.84. The number of hydrogen-bond donors (Lipinski definition) is 0. The van der Waals surface area contributed by atoms with Crippen molar-refractivity contribution >= 4 is 17.7 Å². The molecule has 2 nitrogen and oxygen atoms in total. The van der Waals surface area contributed by atoms with Crippen molar-refractivity contribution in [2.45, 2.75) is 18.4 Å². The van der Waals surface area contributed by atoms with Gasteiger partial charge in [-0.1, -0.05) is 29.8 Å². The van der Waals surface area contributed by atoms with E-state index in [1.165, 1.54) is 4.90 Å². The lowest BCUT2D eigenvalue weighted by Crippen LogP contribution is -2.26. The van der Waals surface area contributed by atoms with Crippen LogP contribution < -0.4 is 0 Å². The molecule has 0 saturated heterocycles. The largest absolute Gasteiger partial charge is 0.337 e. The molecule has 0 radical (unpaired) electrons. The van der Waals surface area contributed by atoms with E-state index in [4.69, 9.17) is 0 Å². The highest BCUT2D eigenvalue weighted by atomic mass is 32.2. The molecule has 0 bridgehead atoms. The Morgan fingerprint density at radius 2 is 1.85 bits per heavy atom. The first-order chi connectivity index (χ1) is 9.60. The topological polar surface area (TPSA) is 20.3 Å². The molecule has 0 unspecified atom stereocenters. The van der Waals surface area contributed by atoms with Crippen molar-refractivity contribution in [2.24, 2.45) is 0 Å². The lowest BCUT2D eigenvalue weighted by molar-refractivity contribution is 0.0785. The smallest absolute Gasteiger partial charge is 0.253 e. The number of thioether (sulfide) groups is 1. The lowest BCUT2D eigenvalue weighted by atomic mass is 10.1. The zero-order valence-corrected chi connectivity index (χ0v) is 12.9. The Hall–Kier alpha value is -1.74. The van der Waals surface area contributed by atoms with E-state index >= 15 is 0 Å². The van der Waals surface area contributed by atoms with Crippen LogP contribution in [0.5, 0.6) is 0 Å². The molecule has 2 aromatic carbocycles. The van der Waals surface area contributed by atoms with Gasteiger partial charge in [0.2, 0.25) is 0 Å². The van der Waals surface area contributed by atoms with Crippen molar-refractivity contribution in [2.75, 3.05) is 13.3 Å². The maximum absolute atomic E-state index is 12.3. The van der Waals surface area contributed by atoms with Crippen LogP contribution in [0.3, 0.4) is 0 Å². The molecule has 0 aliphatic heterocycles. The van der Waals surface area contributed by atoms with Crippen molar-refractivity contribution in [3.8, 4) is 0 Å². The standard InChI is InChI=1S/C17H19NOS/c1-13-5-4-6-15(11-13)17(19)18(2)12-14-7-9-16(20-3)10-8-14/h4-11H,12H2,1-3H3. The molecule has 0 saturated carbocycles. The lowest BCUT2D eigenvalue weighted by Gasteiger charge is -2.17. The van der Waals surface area contributed by atoms with Crippen molar-refractivity contribution < 1.29 is 4.79 Å². The molecule has 0 N–H and O–H groups in total. The van der Waals surface area contributed by atoms with Gasteiger partial charge in [-0.2, -0.15) is 0 Å². The average Bonchev–Trinajstić information content (AvgIpc) is 2.47. The number of carbonyl (C=O) groups excluding carboxylic acids is 1. The van der Waals surface area contributed by atoms with E-state index in [2.05, 4.69) is 30.5 Å². The Bertz CT molecular complexity index is 592. The first-order valence-electron chi connectivity index (χ1n) is 6.55. The van der Waals surface area contributed by atoms with Gasteiger partial charge in [0.1, 0.15) is 0 Å². The summed E-state index contributed by atoms with van der Waals surface area (Å²) in [6.45, 7) is 2.62. The quantitative estimate of drug-likeness (QED) is 0.792. The third-order valence-electron chi connectivity index (χ3n) is 3.19. The van der Waals surface area contributed by atoms with E-state index in [1.807, 2.05) is 38.2 Å². The average molecular weight is 285 g/mol. The van der Waals surface area contributed by atoms with Gasteiger partial charge in [-0.3, -0.25) is 4.79 Å². The third-order valence-corrected chi connectivity index (χ3v) is 3.93. The number of benzene rings is 2. The van der Waals surface area contributed by atoms with E-state index in [9.17, 15) is 4.79 Å². The molecule has 0 aliphatic rings. The molecule has 0 spiro atoms. The summed E-state index contributed by atoms with van der Waals surface area (Å²) < 4.78 is 0. The summed E-state index contributed by atoms with van der Waals surface area (Å²) in [5.74, 6) is 0.0580. The van der Waals surface area contributed by atoms with Gasteiger partial charge in [0.05, 0.1) is 0 Å². The van der Waals surface area contributed by atoms with Crippen LogP contribution in [0.4, 0.5) is 0 Å². The first kappa shape index (κ1) is 14.7. The molecule has 0 aliphatic carbocycles. The summed E-state index contributed by atoms with van der Waals surface area (Å²) in [4.78, 5) is 15.3. The van der Waals surface area contributed by atoms with Gasteiger partial charge in [0, 0.05) is 24.1 Å². The van der Waals surface area contributed by atoms with E-state index < -0.39 is 0 Å². The van der Waals surface area contributed by atoms with E-state index in [-0.39, 0.29) is 5.91 Å². The van der Waals surface area contributed by atoms with Crippen LogP contribution in [0.1, 0.15) is 21.5 Å². The van der Waals surface area contributed by atoms with Crippen LogP contribution in [0.2, 0.25) is 0 Å². The van der Waals surface area contributed by atoms with Crippen molar-refractivity contribution in [3.05, 3.63) is 65.2 Å². The Kier molecular flexibility index (Phi) is 4.85. The van der Waals surface area contributed by atoms with E-state index in [0.29, 0.717) is 6.54 Å². The predicted molar refractivity (Wildman–Crippen MR) is 85.2 cm³/mol. The minimum absolute atomic E-state index is 0.0580. The second-order valence-electron chi connectivity index (χ2n) is 4.88. The van der Waals surface area contributed by atoms with Crippen LogP contribution in [0.25, 0.3) is 0 Å². The Morgan fingerprint density at radius 3 is 2.45 bits per heavy atom. The minimum Gasteiger partial charge on any atom is -0.337 e. The maximum atomic E-state index is 12.3. The van der Waals surface area contributed by atoms with Gasteiger partial charge >= 0.3 is 0 Å². The summed E-state index contributed by atoms with van der Waals surface area (Å²) in [5, 5.41) is 0. The van der Waals surface area contributed by atoms with Crippen LogP contribution >= 0.6 is 11.8 Å². The number of hydrogen-bond acceptors (Lipinski definition) is 2. The minimum atomic E-state index is 0.0580. The number of carbonyl (C=O) groups is 1. The number of amides is 1. The summed E-state index contributed by atoms with van der Waals surface area (Å²) >= 11 is 1.72. The highest BCUT2D eigenvalue weighted by Gasteiger charge is 2.11. The van der Waals surface area contributed by atoms with Gasteiger partial charge in [0.25, 0.3) is 5.91 Å². The molecular formula is C17H19NOS. The Labute approximate surface area is 124 Å². The number of nitrogens with zero attached hydrogens (tertiary/aromatic N) is 1. The SMILES string of the molecule is CSc1ccc(CN(C)C(=O)c2cccc(C)c2)cc1. The molecular weight excluding hydrogens is 266 g/mol. The molecule has 104 valence electrons. The normalized spacial score (nSPS) is 10.3. The van der Waals surface area contributed by atoms with Gasteiger partial charge < -0.3 is 4.90 Å². The van der Waals surface area contributed by atoms with Crippen LogP contribution in [-0.4, -0.2) is 24.1 Å². The molecule has 3 heteroatoms. The Balaban J connectivity index is 2.07. The van der Waals surface area contributed by atoms with Crippen LogP contribution in [0.15, 0.2) is 53.4 Å². The predicted octanol–water partition coefficient (Wildman–Crippen LogP) is 3.99. The molecule has 0 aromatic heterocycles. The molecule has 0 fully saturated rings. The summed E-state index contributed by atoms with van der Waals surface area (Å²) in [6, 6.07) is 16.0. The van der Waals surface area contributed by atoms with Crippen molar-refractivity contribution in [1.29, 1.82) is 0 Å². The number of rotatable bonds is 4. The van der Waals surface area contributed by atoms with Crippen molar-refractivity contribution in [1.82, 2.24) is 4.90 Å². The zero-order chi connectivity index (χ0) is 14.5. The molecule has 20 heavy (non-hydrogen) atoms. The molecule has 0 heterocycles. The van der Waals surface area contributed by atoms with Crippen LogP contribution in [-0.2, 0) is 6.54 Å². The summed E-state index contributed by atoms with van der Waals surface area (Å²) in [6.07, 6.45) is 2.06. The fourth-order valence-electron chi connectivity index (χ4n) is 2.08.